The average Bonchev–Trinajstić information content (AvgIpc) is 2.98. The summed E-state index contributed by atoms with van der Waals surface area (Å²) >= 11 is 0. The number of pyridine rings is 1. The Bertz CT molecular complexity index is 642. The Labute approximate surface area is 104 Å². The Hall–Kier alpha value is -2.30. The van der Waals surface area contributed by atoms with Crippen molar-refractivity contribution in [2.45, 2.75) is 13.3 Å². The average molecular weight is 242 g/mol. The van der Waals surface area contributed by atoms with Crippen LogP contribution in [0.15, 0.2) is 41.0 Å². The number of fused-ring (bicyclic) bond motifs is 1. The zero-order valence-corrected chi connectivity index (χ0v) is 10.1. The molecule has 0 saturated heterocycles. The maximum Gasteiger partial charge on any atom is 0.243 e. The lowest BCUT2D eigenvalue weighted by Crippen LogP contribution is -2.05. The monoisotopic (exact) mass is 242 g/mol. The summed E-state index contributed by atoms with van der Waals surface area (Å²) in [6, 6.07) is 9.78. The van der Waals surface area contributed by atoms with Crippen molar-refractivity contribution in [1.29, 1.82) is 0 Å². The fourth-order valence-electron chi connectivity index (χ4n) is 1.86. The second-order valence-corrected chi connectivity index (χ2v) is 4.13. The van der Waals surface area contributed by atoms with Gasteiger partial charge in [0.05, 0.1) is 6.26 Å². The van der Waals surface area contributed by atoms with Crippen LogP contribution in [-0.2, 0) is 6.42 Å². The highest BCUT2D eigenvalue weighted by Crippen LogP contribution is 2.08. The molecule has 0 radical (unpaired) electrons. The van der Waals surface area contributed by atoms with Gasteiger partial charge in [0.25, 0.3) is 0 Å². The highest BCUT2D eigenvalue weighted by Gasteiger charge is 2.04. The van der Waals surface area contributed by atoms with Crippen LogP contribution in [-0.4, -0.2) is 21.1 Å². The van der Waals surface area contributed by atoms with Crippen LogP contribution in [0.5, 0.6) is 0 Å². The lowest BCUT2D eigenvalue weighted by Gasteiger charge is -1.98. The highest BCUT2D eigenvalue weighted by molar-refractivity contribution is 5.44. The molecule has 0 bridgehead atoms. The molecule has 0 aromatic carbocycles. The smallest absolute Gasteiger partial charge is 0.243 e. The molecule has 3 rings (SSSR count). The van der Waals surface area contributed by atoms with Crippen LogP contribution in [0.4, 0.5) is 5.95 Å². The van der Waals surface area contributed by atoms with E-state index < -0.39 is 0 Å². The number of aryl methyl sites for hydroxylation is 1. The molecule has 5 nitrogen and oxygen atoms in total. The van der Waals surface area contributed by atoms with Crippen LogP contribution < -0.4 is 5.32 Å². The Morgan fingerprint density at radius 3 is 3.00 bits per heavy atom. The maximum absolute atomic E-state index is 5.26. The van der Waals surface area contributed by atoms with E-state index in [2.05, 4.69) is 15.4 Å². The number of hydrogen-bond donors (Lipinski definition) is 1. The SMILES string of the molecule is Cc1cccc2nc(NCCc3ccco3)nn12. The molecule has 1 N–H and O–H groups in total. The summed E-state index contributed by atoms with van der Waals surface area (Å²) in [5.74, 6) is 1.61. The summed E-state index contributed by atoms with van der Waals surface area (Å²) in [6.45, 7) is 2.76. The van der Waals surface area contributed by atoms with Crippen LogP contribution in [0.3, 0.4) is 0 Å². The molecule has 3 heterocycles. The van der Waals surface area contributed by atoms with E-state index in [0.717, 1.165) is 30.1 Å². The van der Waals surface area contributed by atoms with Crippen molar-refractivity contribution >= 4 is 11.6 Å². The van der Waals surface area contributed by atoms with E-state index in [1.165, 1.54) is 0 Å². The van der Waals surface area contributed by atoms with E-state index in [0.29, 0.717) is 5.95 Å². The predicted octanol–water partition coefficient (Wildman–Crippen LogP) is 2.29. The molecule has 3 aromatic heterocycles. The zero-order valence-electron chi connectivity index (χ0n) is 10.1. The van der Waals surface area contributed by atoms with Crippen molar-refractivity contribution in [2.24, 2.45) is 0 Å². The highest BCUT2D eigenvalue weighted by atomic mass is 16.3. The topological polar surface area (TPSA) is 55.4 Å². The Morgan fingerprint density at radius 2 is 2.22 bits per heavy atom. The van der Waals surface area contributed by atoms with Gasteiger partial charge >= 0.3 is 0 Å². The number of nitrogens with zero attached hydrogens (tertiary/aromatic N) is 3. The predicted molar refractivity (Wildman–Crippen MR) is 68.6 cm³/mol. The molecule has 0 amide bonds. The van der Waals surface area contributed by atoms with Gasteiger partial charge in [0.15, 0.2) is 5.65 Å². The van der Waals surface area contributed by atoms with Crippen LogP contribution in [0.1, 0.15) is 11.5 Å². The molecular weight excluding hydrogens is 228 g/mol. The second kappa shape index (κ2) is 4.52. The number of nitrogens with one attached hydrogen (secondary N) is 1. The van der Waals surface area contributed by atoms with Crippen molar-refractivity contribution in [3.63, 3.8) is 0 Å². The molecule has 0 fully saturated rings. The summed E-state index contributed by atoms with van der Waals surface area (Å²) in [7, 11) is 0. The lowest BCUT2D eigenvalue weighted by molar-refractivity contribution is 0.512. The van der Waals surface area contributed by atoms with Crippen LogP contribution >= 0.6 is 0 Å². The number of furan rings is 1. The fourth-order valence-corrected chi connectivity index (χ4v) is 1.86. The van der Waals surface area contributed by atoms with Gasteiger partial charge in [-0.05, 0) is 31.2 Å². The summed E-state index contributed by atoms with van der Waals surface area (Å²) in [5, 5.41) is 7.59. The Kier molecular flexibility index (Phi) is 2.72. The minimum atomic E-state index is 0.649. The first-order valence-corrected chi connectivity index (χ1v) is 5.91. The molecule has 0 saturated carbocycles. The Morgan fingerprint density at radius 1 is 1.28 bits per heavy atom. The lowest BCUT2D eigenvalue weighted by atomic mass is 10.3. The van der Waals surface area contributed by atoms with Gasteiger partial charge in [0.1, 0.15) is 5.76 Å². The molecule has 0 unspecified atom stereocenters. The number of rotatable bonds is 4. The van der Waals surface area contributed by atoms with Gasteiger partial charge in [0.2, 0.25) is 5.95 Å². The van der Waals surface area contributed by atoms with Crippen molar-refractivity contribution in [3.05, 3.63) is 48.0 Å². The zero-order chi connectivity index (χ0) is 12.4. The maximum atomic E-state index is 5.26. The summed E-state index contributed by atoms with van der Waals surface area (Å²) in [5.41, 5.74) is 1.93. The van der Waals surface area contributed by atoms with Gasteiger partial charge in [-0.15, -0.1) is 5.10 Å². The summed E-state index contributed by atoms with van der Waals surface area (Å²) in [4.78, 5) is 4.40. The summed E-state index contributed by atoms with van der Waals surface area (Å²) in [6.07, 6.45) is 2.50. The molecule has 0 spiro atoms. The molecule has 0 aliphatic heterocycles. The second-order valence-electron chi connectivity index (χ2n) is 4.13. The van der Waals surface area contributed by atoms with Crippen molar-refractivity contribution in [1.82, 2.24) is 14.6 Å². The van der Waals surface area contributed by atoms with Crippen molar-refractivity contribution in [3.8, 4) is 0 Å². The minimum absolute atomic E-state index is 0.649. The third kappa shape index (κ3) is 2.07. The molecule has 3 aromatic rings. The third-order valence-electron chi connectivity index (χ3n) is 2.78. The Balaban J connectivity index is 1.69. The van der Waals surface area contributed by atoms with Gasteiger partial charge in [-0.3, -0.25) is 0 Å². The molecule has 18 heavy (non-hydrogen) atoms. The summed E-state index contributed by atoms with van der Waals surface area (Å²) < 4.78 is 7.09. The van der Waals surface area contributed by atoms with Gasteiger partial charge in [-0.25, -0.2) is 4.52 Å². The van der Waals surface area contributed by atoms with Crippen LogP contribution in [0.2, 0.25) is 0 Å². The molecule has 0 aliphatic rings. The van der Waals surface area contributed by atoms with Crippen LogP contribution in [0, 0.1) is 6.92 Å². The standard InChI is InChI=1S/C13H14N4O/c1-10-4-2-6-12-15-13(16-17(10)12)14-8-7-11-5-3-9-18-11/h2-6,9H,7-8H2,1H3,(H,14,16). The van der Waals surface area contributed by atoms with Gasteiger partial charge in [0, 0.05) is 18.7 Å². The van der Waals surface area contributed by atoms with E-state index >= 15 is 0 Å². The van der Waals surface area contributed by atoms with Crippen LogP contribution in [0.25, 0.3) is 5.65 Å². The molecule has 0 atom stereocenters. The first-order chi connectivity index (χ1) is 8.83. The quantitative estimate of drug-likeness (QED) is 0.762. The molecular formula is C13H14N4O. The largest absolute Gasteiger partial charge is 0.469 e. The van der Waals surface area contributed by atoms with E-state index in [4.69, 9.17) is 4.42 Å². The molecule has 92 valence electrons. The first-order valence-electron chi connectivity index (χ1n) is 5.91. The van der Waals surface area contributed by atoms with E-state index in [-0.39, 0.29) is 0 Å². The third-order valence-corrected chi connectivity index (χ3v) is 2.78. The number of hydrogen-bond acceptors (Lipinski definition) is 4. The number of anilines is 1. The van der Waals surface area contributed by atoms with Crippen molar-refractivity contribution < 1.29 is 4.42 Å². The molecule has 5 heteroatoms. The molecule has 0 aliphatic carbocycles. The fraction of sp³-hybridized carbons (Fsp3) is 0.231. The van der Waals surface area contributed by atoms with Crippen molar-refractivity contribution in [2.75, 3.05) is 11.9 Å². The van der Waals surface area contributed by atoms with Gasteiger partial charge in [-0.1, -0.05) is 6.07 Å². The van der Waals surface area contributed by atoms with Gasteiger partial charge in [-0.2, -0.15) is 4.98 Å². The van der Waals surface area contributed by atoms with E-state index in [1.807, 2.05) is 41.8 Å². The first kappa shape index (κ1) is 10.8. The van der Waals surface area contributed by atoms with Gasteiger partial charge < -0.3 is 9.73 Å². The normalized spacial score (nSPS) is 10.9. The van der Waals surface area contributed by atoms with E-state index in [9.17, 15) is 0 Å². The number of aromatic nitrogens is 3. The van der Waals surface area contributed by atoms with E-state index in [1.54, 1.807) is 6.26 Å². The minimum Gasteiger partial charge on any atom is -0.469 e.